The summed E-state index contributed by atoms with van der Waals surface area (Å²) >= 11 is 1.18. The molecule has 0 spiro atoms. The molecule has 3 heterocycles. The smallest absolute Gasteiger partial charge is 0.277 e. The maximum absolute atomic E-state index is 12.8. The first-order chi connectivity index (χ1) is 12.4. The van der Waals surface area contributed by atoms with Gasteiger partial charge in [-0.3, -0.25) is 14.6 Å². The number of ketones is 2. The number of aromatic nitrogens is 4. The van der Waals surface area contributed by atoms with E-state index in [9.17, 15) is 9.59 Å². The first kappa shape index (κ1) is 18.1. The van der Waals surface area contributed by atoms with Crippen molar-refractivity contribution in [1.82, 2.24) is 20.2 Å². The molecule has 0 aliphatic rings. The second kappa shape index (κ2) is 7.25. The molecule has 0 saturated carbocycles. The number of nitrogens with zero attached hydrogens (tertiary/aromatic N) is 3. The van der Waals surface area contributed by atoms with Gasteiger partial charge >= 0.3 is 0 Å². The molecule has 0 bridgehead atoms. The third-order valence-electron chi connectivity index (χ3n) is 4.00. The van der Waals surface area contributed by atoms with Gasteiger partial charge < -0.3 is 9.40 Å². The molecule has 26 heavy (non-hydrogen) atoms. The van der Waals surface area contributed by atoms with Gasteiger partial charge in [0.15, 0.2) is 11.6 Å². The zero-order valence-corrected chi connectivity index (χ0v) is 15.7. The molecular weight excluding hydrogens is 352 g/mol. The second-order valence-electron chi connectivity index (χ2n) is 5.92. The third-order valence-corrected chi connectivity index (χ3v) is 4.93. The number of hydrogen-bond donors (Lipinski definition) is 1. The molecule has 3 rings (SSSR count). The van der Waals surface area contributed by atoms with Crippen molar-refractivity contribution in [2.45, 2.75) is 38.2 Å². The predicted octanol–water partition coefficient (Wildman–Crippen LogP) is 3.64. The fourth-order valence-electron chi connectivity index (χ4n) is 2.80. The van der Waals surface area contributed by atoms with Crippen LogP contribution in [0.2, 0.25) is 0 Å². The molecule has 0 aliphatic heterocycles. The standard InChI is InChI=1S/C18H18N4O3S/c1-9-14(11(3)23)10(2)20-15(9)16(24)12(4)26-18-22-21-17(25-18)13-6-5-7-19-8-13/h5-8,12,20H,1-4H3. The van der Waals surface area contributed by atoms with E-state index in [-0.39, 0.29) is 11.6 Å². The van der Waals surface area contributed by atoms with Crippen LogP contribution in [0.1, 0.15) is 46.0 Å². The molecule has 1 N–H and O–H groups in total. The van der Waals surface area contributed by atoms with E-state index in [4.69, 9.17) is 4.42 Å². The summed E-state index contributed by atoms with van der Waals surface area (Å²) in [6, 6.07) is 3.60. The molecule has 1 atom stereocenters. The Bertz CT molecular complexity index is 962. The minimum absolute atomic E-state index is 0.0615. The molecular formula is C18H18N4O3S. The van der Waals surface area contributed by atoms with Crippen molar-refractivity contribution in [3.63, 3.8) is 0 Å². The van der Waals surface area contributed by atoms with Gasteiger partial charge in [0, 0.05) is 23.7 Å². The second-order valence-corrected chi connectivity index (χ2v) is 7.21. The monoisotopic (exact) mass is 370 g/mol. The van der Waals surface area contributed by atoms with E-state index in [1.165, 1.54) is 18.7 Å². The fourth-order valence-corrected chi connectivity index (χ4v) is 3.54. The van der Waals surface area contributed by atoms with E-state index in [1.807, 2.05) is 6.07 Å². The van der Waals surface area contributed by atoms with Crippen LogP contribution >= 0.6 is 11.8 Å². The van der Waals surface area contributed by atoms with Gasteiger partial charge in [-0.05, 0) is 45.4 Å². The highest BCUT2D eigenvalue weighted by molar-refractivity contribution is 8.00. The SMILES string of the molecule is CC(=O)c1c(C)[nH]c(C(=O)C(C)Sc2nnc(-c3cccnc3)o2)c1C. The Hall–Kier alpha value is -2.74. The van der Waals surface area contributed by atoms with Gasteiger partial charge in [-0.25, -0.2) is 0 Å². The van der Waals surface area contributed by atoms with Crippen molar-refractivity contribution in [1.29, 1.82) is 0 Å². The molecule has 0 amide bonds. The number of aryl methyl sites for hydroxylation is 1. The van der Waals surface area contributed by atoms with Crippen molar-refractivity contribution in [2.75, 3.05) is 0 Å². The molecule has 3 aromatic rings. The number of Topliss-reactive ketones (excluding diaryl/α,β-unsaturated/α-hetero) is 2. The van der Waals surface area contributed by atoms with Crippen molar-refractivity contribution < 1.29 is 14.0 Å². The number of rotatable bonds is 6. The number of hydrogen-bond acceptors (Lipinski definition) is 7. The van der Waals surface area contributed by atoms with Gasteiger partial charge in [0.05, 0.1) is 16.5 Å². The summed E-state index contributed by atoms with van der Waals surface area (Å²) in [6.07, 6.45) is 3.29. The Morgan fingerprint density at radius 1 is 1.27 bits per heavy atom. The van der Waals surface area contributed by atoms with E-state index < -0.39 is 5.25 Å². The van der Waals surface area contributed by atoms with Crippen LogP contribution < -0.4 is 0 Å². The number of carbonyl (C=O) groups is 2. The van der Waals surface area contributed by atoms with Crippen LogP contribution in [0.5, 0.6) is 0 Å². The molecule has 0 radical (unpaired) electrons. The van der Waals surface area contributed by atoms with E-state index in [0.717, 1.165) is 0 Å². The molecule has 3 aromatic heterocycles. The van der Waals surface area contributed by atoms with E-state index in [2.05, 4.69) is 20.2 Å². The molecule has 8 heteroatoms. The summed E-state index contributed by atoms with van der Waals surface area (Å²) in [5.41, 5.74) is 3.11. The topological polar surface area (TPSA) is 102 Å². The number of thioether (sulfide) groups is 1. The highest BCUT2D eigenvalue weighted by atomic mass is 32.2. The third kappa shape index (κ3) is 3.45. The minimum atomic E-state index is -0.450. The number of nitrogens with one attached hydrogen (secondary N) is 1. The van der Waals surface area contributed by atoms with Gasteiger partial charge in [-0.1, -0.05) is 11.8 Å². The average molecular weight is 370 g/mol. The molecule has 7 nitrogen and oxygen atoms in total. The van der Waals surface area contributed by atoms with E-state index >= 15 is 0 Å². The van der Waals surface area contributed by atoms with Crippen LogP contribution in [0.3, 0.4) is 0 Å². The van der Waals surface area contributed by atoms with Crippen LogP contribution in [-0.4, -0.2) is 37.0 Å². The average Bonchev–Trinajstić information content (AvgIpc) is 3.19. The Balaban J connectivity index is 1.78. The highest BCUT2D eigenvalue weighted by Crippen LogP contribution is 2.29. The normalized spacial score (nSPS) is 12.2. The zero-order chi connectivity index (χ0) is 18.8. The lowest BCUT2D eigenvalue weighted by molar-refractivity contribution is 0.0988. The number of aromatic amines is 1. The Kier molecular flexibility index (Phi) is 5.03. The van der Waals surface area contributed by atoms with Gasteiger partial charge in [0.2, 0.25) is 5.89 Å². The molecule has 134 valence electrons. The lowest BCUT2D eigenvalue weighted by atomic mass is 10.0. The van der Waals surface area contributed by atoms with Crippen LogP contribution in [-0.2, 0) is 0 Å². The summed E-state index contributed by atoms with van der Waals surface area (Å²) in [5.74, 6) is 0.170. The molecule has 0 aromatic carbocycles. The van der Waals surface area contributed by atoms with Crippen molar-refractivity contribution in [3.05, 3.63) is 47.0 Å². The summed E-state index contributed by atoms with van der Waals surface area (Å²) in [7, 11) is 0. The summed E-state index contributed by atoms with van der Waals surface area (Å²) < 4.78 is 5.61. The van der Waals surface area contributed by atoms with Crippen molar-refractivity contribution >= 4 is 23.3 Å². The Morgan fingerprint density at radius 3 is 2.65 bits per heavy atom. The fraction of sp³-hybridized carbons (Fsp3) is 0.278. The maximum Gasteiger partial charge on any atom is 0.277 e. The van der Waals surface area contributed by atoms with Gasteiger partial charge in [-0.15, -0.1) is 10.2 Å². The predicted molar refractivity (Wildman–Crippen MR) is 97.4 cm³/mol. The van der Waals surface area contributed by atoms with Crippen molar-refractivity contribution in [2.24, 2.45) is 0 Å². The Labute approximate surface area is 154 Å². The number of carbonyl (C=O) groups excluding carboxylic acids is 2. The Morgan fingerprint density at radius 2 is 2.04 bits per heavy atom. The largest absolute Gasteiger partial charge is 0.411 e. The number of H-pyrrole nitrogens is 1. The molecule has 0 fully saturated rings. The quantitative estimate of drug-likeness (QED) is 0.522. The maximum atomic E-state index is 12.8. The lowest BCUT2D eigenvalue weighted by Gasteiger charge is -2.07. The number of pyridine rings is 1. The van der Waals surface area contributed by atoms with Crippen molar-refractivity contribution in [3.8, 4) is 11.5 Å². The van der Waals surface area contributed by atoms with Gasteiger partial charge in [-0.2, -0.15) is 0 Å². The van der Waals surface area contributed by atoms with E-state index in [1.54, 1.807) is 39.2 Å². The molecule has 0 saturated heterocycles. The summed E-state index contributed by atoms with van der Waals surface area (Å²) in [4.78, 5) is 31.6. The van der Waals surface area contributed by atoms with Gasteiger partial charge in [0.1, 0.15) is 0 Å². The van der Waals surface area contributed by atoms with Crippen LogP contribution in [0.25, 0.3) is 11.5 Å². The lowest BCUT2D eigenvalue weighted by Crippen LogP contribution is -2.15. The van der Waals surface area contributed by atoms with E-state index in [0.29, 0.717) is 39.2 Å². The van der Waals surface area contributed by atoms with Crippen LogP contribution in [0, 0.1) is 13.8 Å². The zero-order valence-electron chi connectivity index (χ0n) is 14.9. The van der Waals surface area contributed by atoms with Crippen LogP contribution in [0.15, 0.2) is 34.2 Å². The van der Waals surface area contributed by atoms with Gasteiger partial charge in [0.25, 0.3) is 5.22 Å². The molecule has 0 aliphatic carbocycles. The van der Waals surface area contributed by atoms with Crippen LogP contribution in [0.4, 0.5) is 0 Å². The first-order valence-corrected chi connectivity index (χ1v) is 8.91. The first-order valence-electron chi connectivity index (χ1n) is 8.03. The summed E-state index contributed by atoms with van der Waals surface area (Å²) in [5, 5.41) is 7.83. The summed E-state index contributed by atoms with van der Waals surface area (Å²) in [6.45, 7) is 6.83. The highest BCUT2D eigenvalue weighted by Gasteiger charge is 2.25. The molecule has 1 unspecified atom stereocenters. The minimum Gasteiger partial charge on any atom is -0.411 e.